The van der Waals surface area contributed by atoms with Crippen LogP contribution in [0, 0.1) is 0 Å². The fourth-order valence-electron chi connectivity index (χ4n) is 3.21. The van der Waals surface area contributed by atoms with Crippen LogP contribution in [0.1, 0.15) is 50.5 Å². The van der Waals surface area contributed by atoms with Crippen molar-refractivity contribution in [1.29, 1.82) is 0 Å². The van der Waals surface area contributed by atoms with Crippen LogP contribution in [-0.2, 0) is 18.6 Å². The van der Waals surface area contributed by atoms with Crippen LogP contribution >= 0.6 is 0 Å². The average Bonchev–Trinajstić information content (AvgIpc) is 3.28. The lowest BCUT2D eigenvalue weighted by molar-refractivity contribution is 0.0385. The second kappa shape index (κ2) is 7.49. The molecule has 1 aliphatic heterocycles. The number of aryl methyl sites for hydroxylation is 1. The second-order valence-corrected chi connectivity index (χ2v) is 7.30. The largest absolute Gasteiger partial charge is 0.466 e. The number of nitrogens with one attached hydrogen (secondary N) is 2. The highest BCUT2D eigenvalue weighted by molar-refractivity contribution is 5.80. The van der Waals surface area contributed by atoms with Gasteiger partial charge in [-0.15, -0.1) is 10.2 Å². The second-order valence-electron chi connectivity index (χ2n) is 7.30. The van der Waals surface area contributed by atoms with Gasteiger partial charge in [0.2, 0.25) is 0 Å². The van der Waals surface area contributed by atoms with Crippen molar-refractivity contribution < 1.29 is 9.52 Å². The predicted octanol–water partition coefficient (Wildman–Crippen LogP) is 1.38. The molecule has 2 unspecified atom stereocenters. The van der Waals surface area contributed by atoms with Crippen LogP contribution in [0.2, 0.25) is 0 Å². The molecule has 0 saturated heterocycles. The first-order valence-corrected chi connectivity index (χ1v) is 9.06. The summed E-state index contributed by atoms with van der Waals surface area (Å²) in [6.45, 7) is 7.08. The van der Waals surface area contributed by atoms with Crippen LogP contribution in [0.15, 0.2) is 27.8 Å². The number of hydrogen-bond donors (Lipinski definition) is 3. The minimum absolute atomic E-state index is 0.232. The Kier molecular flexibility index (Phi) is 5.31. The van der Waals surface area contributed by atoms with Crippen molar-refractivity contribution in [3.8, 4) is 0 Å². The summed E-state index contributed by atoms with van der Waals surface area (Å²) >= 11 is 0. The van der Waals surface area contributed by atoms with Crippen LogP contribution in [0.5, 0.6) is 0 Å². The van der Waals surface area contributed by atoms with E-state index < -0.39 is 5.60 Å². The standard InChI is InChI=1S/C18H28N6O2/c1-12(2)16-23-22-15-8-7-13(10-24(15)16)21-17(19-4)20-11-18(3,25)14-6-5-9-26-14/h5-6,9,12-13,25H,7-8,10-11H2,1-4H3,(H2,19,20,21). The molecule has 1 aliphatic rings. The maximum Gasteiger partial charge on any atom is 0.191 e. The molecule has 0 amide bonds. The Hall–Kier alpha value is -2.35. The number of guanidine groups is 1. The molecule has 0 saturated carbocycles. The maximum absolute atomic E-state index is 10.6. The summed E-state index contributed by atoms with van der Waals surface area (Å²) in [7, 11) is 1.73. The Bertz CT molecular complexity index is 748. The molecule has 142 valence electrons. The van der Waals surface area contributed by atoms with Gasteiger partial charge in [0, 0.05) is 32.0 Å². The molecule has 26 heavy (non-hydrogen) atoms. The van der Waals surface area contributed by atoms with Crippen molar-refractivity contribution >= 4 is 5.96 Å². The van der Waals surface area contributed by atoms with Gasteiger partial charge in [0.1, 0.15) is 23.0 Å². The summed E-state index contributed by atoms with van der Waals surface area (Å²) in [5.41, 5.74) is -1.11. The van der Waals surface area contributed by atoms with Gasteiger partial charge in [-0.1, -0.05) is 13.8 Å². The highest BCUT2D eigenvalue weighted by Crippen LogP contribution is 2.21. The predicted molar refractivity (Wildman–Crippen MR) is 99.0 cm³/mol. The first-order chi connectivity index (χ1) is 12.4. The zero-order valence-electron chi connectivity index (χ0n) is 15.9. The van der Waals surface area contributed by atoms with E-state index in [-0.39, 0.29) is 6.04 Å². The molecule has 0 spiro atoms. The number of aliphatic imine (C=N–C) groups is 1. The Morgan fingerprint density at radius 2 is 2.31 bits per heavy atom. The Labute approximate surface area is 153 Å². The van der Waals surface area contributed by atoms with Gasteiger partial charge < -0.3 is 24.7 Å². The minimum atomic E-state index is -1.11. The molecule has 2 aromatic rings. The fourth-order valence-corrected chi connectivity index (χ4v) is 3.21. The molecular weight excluding hydrogens is 332 g/mol. The van der Waals surface area contributed by atoms with E-state index in [9.17, 15) is 5.11 Å². The molecule has 8 nitrogen and oxygen atoms in total. The van der Waals surface area contributed by atoms with Crippen LogP contribution in [0.4, 0.5) is 0 Å². The van der Waals surface area contributed by atoms with Crippen LogP contribution in [0.3, 0.4) is 0 Å². The molecule has 2 atom stereocenters. The molecule has 0 aliphatic carbocycles. The fraction of sp³-hybridized carbons (Fsp3) is 0.611. The molecule has 0 aromatic carbocycles. The van der Waals surface area contributed by atoms with Crippen molar-refractivity contribution in [1.82, 2.24) is 25.4 Å². The normalized spacial score (nSPS) is 19.9. The van der Waals surface area contributed by atoms with Crippen molar-refractivity contribution in [2.75, 3.05) is 13.6 Å². The zero-order chi connectivity index (χ0) is 18.7. The summed E-state index contributed by atoms with van der Waals surface area (Å²) in [6, 6.07) is 3.76. The van der Waals surface area contributed by atoms with E-state index in [1.54, 1.807) is 32.4 Å². The third-order valence-corrected chi connectivity index (χ3v) is 4.71. The number of nitrogens with zero attached hydrogens (tertiary/aromatic N) is 4. The molecule has 3 N–H and O–H groups in total. The number of aromatic nitrogens is 3. The van der Waals surface area contributed by atoms with E-state index >= 15 is 0 Å². The Morgan fingerprint density at radius 1 is 1.50 bits per heavy atom. The highest BCUT2D eigenvalue weighted by atomic mass is 16.4. The molecule has 2 aromatic heterocycles. The SMILES string of the molecule is CN=C(NCC(C)(O)c1ccco1)NC1CCc2nnc(C(C)C)n2C1. The van der Waals surface area contributed by atoms with E-state index in [1.165, 1.54) is 0 Å². The smallest absolute Gasteiger partial charge is 0.191 e. The summed E-state index contributed by atoms with van der Waals surface area (Å²) in [6.07, 6.45) is 3.41. The Morgan fingerprint density at radius 3 is 2.96 bits per heavy atom. The van der Waals surface area contributed by atoms with E-state index in [1.807, 2.05) is 0 Å². The lowest BCUT2D eigenvalue weighted by atomic mass is 10.0. The van der Waals surface area contributed by atoms with Gasteiger partial charge in [-0.25, -0.2) is 0 Å². The lowest BCUT2D eigenvalue weighted by Crippen LogP contribution is -2.50. The van der Waals surface area contributed by atoms with Crippen LogP contribution in [-0.4, -0.2) is 45.5 Å². The van der Waals surface area contributed by atoms with E-state index in [0.29, 0.717) is 24.2 Å². The van der Waals surface area contributed by atoms with Gasteiger partial charge in [-0.05, 0) is 25.5 Å². The third-order valence-electron chi connectivity index (χ3n) is 4.71. The summed E-state index contributed by atoms with van der Waals surface area (Å²) in [4.78, 5) is 4.28. The van der Waals surface area contributed by atoms with E-state index in [0.717, 1.165) is 31.0 Å². The van der Waals surface area contributed by atoms with Gasteiger partial charge in [0.15, 0.2) is 5.96 Å². The third kappa shape index (κ3) is 3.90. The topological polar surface area (TPSA) is 100 Å². The van der Waals surface area contributed by atoms with Gasteiger partial charge in [0.25, 0.3) is 0 Å². The lowest BCUT2D eigenvalue weighted by Gasteiger charge is -2.28. The van der Waals surface area contributed by atoms with Gasteiger partial charge in [-0.2, -0.15) is 0 Å². The van der Waals surface area contributed by atoms with Crippen molar-refractivity contribution in [3.63, 3.8) is 0 Å². The van der Waals surface area contributed by atoms with Crippen molar-refractivity contribution in [2.45, 2.75) is 57.7 Å². The summed E-state index contributed by atoms with van der Waals surface area (Å²) < 4.78 is 7.52. The molecule has 3 rings (SSSR count). The Balaban J connectivity index is 1.60. The molecule has 3 heterocycles. The highest BCUT2D eigenvalue weighted by Gasteiger charge is 2.28. The number of furan rings is 1. The molecule has 0 radical (unpaired) electrons. The van der Waals surface area contributed by atoms with Gasteiger partial charge >= 0.3 is 0 Å². The number of rotatable bonds is 5. The first kappa shape index (κ1) is 18.4. The molecular formula is C18H28N6O2. The summed E-state index contributed by atoms with van der Waals surface area (Å²) in [5.74, 6) is 3.60. The number of fused-ring (bicyclic) bond motifs is 1. The number of aliphatic hydroxyl groups is 1. The van der Waals surface area contributed by atoms with Crippen molar-refractivity contribution in [2.24, 2.45) is 4.99 Å². The monoisotopic (exact) mass is 360 g/mol. The average molecular weight is 360 g/mol. The first-order valence-electron chi connectivity index (χ1n) is 9.06. The van der Waals surface area contributed by atoms with Crippen molar-refractivity contribution in [3.05, 3.63) is 35.8 Å². The van der Waals surface area contributed by atoms with Crippen LogP contribution in [0.25, 0.3) is 0 Å². The van der Waals surface area contributed by atoms with Gasteiger partial charge in [-0.3, -0.25) is 4.99 Å². The summed E-state index contributed by atoms with van der Waals surface area (Å²) in [5, 5.41) is 25.8. The van der Waals surface area contributed by atoms with E-state index in [2.05, 4.69) is 44.2 Å². The van der Waals surface area contributed by atoms with Crippen LogP contribution < -0.4 is 10.6 Å². The zero-order valence-corrected chi connectivity index (χ0v) is 15.9. The number of hydrogen-bond acceptors (Lipinski definition) is 5. The molecule has 8 heteroatoms. The van der Waals surface area contributed by atoms with E-state index in [4.69, 9.17) is 4.42 Å². The molecule has 0 fully saturated rings. The van der Waals surface area contributed by atoms with Gasteiger partial charge in [0.05, 0.1) is 12.8 Å². The molecule has 0 bridgehead atoms. The minimum Gasteiger partial charge on any atom is -0.466 e. The maximum atomic E-state index is 10.6. The quantitative estimate of drug-likeness (QED) is 0.550.